The van der Waals surface area contributed by atoms with Crippen LogP contribution in [-0.2, 0) is 4.74 Å². The first-order valence-electron chi connectivity index (χ1n) is 5.15. The van der Waals surface area contributed by atoms with Crippen molar-refractivity contribution in [2.45, 2.75) is 4.90 Å². The molecule has 0 saturated carbocycles. The van der Waals surface area contributed by atoms with Crippen molar-refractivity contribution in [2.75, 3.05) is 18.2 Å². The van der Waals surface area contributed by atoms with Crippen molar-refractivity contribution >= 4 is 29.5 Å². The zero-order chi connectivity index (χ0) is 14.4. The highest BCUT2D eigenvalue weighted by atomic mass is 32.2. The number of benzene rings is 1. The smallest absolute Gasteiger partial charge is 0.411 e. The molecule has 102 valence electrons. The molecule has 1 aromatic carbocycles. The van der Waals surface area contributed by atoms with Crippen LogP contribution in [0.25, 0.3) is 0 Å². The highest BCUT2D eigenvalue weighted by Crippen LogP contribution is 2.28. The molecule has 5 nitrogen and oxygen atoms in total. The van der Waals surface area contributed by atoms with Crippen molar-refractivity contribution in [1.29, 1.82) is 0 Å². The quantitative estimate of drug-likeness (QED) is 0.642. The maximum absolute atomic E-state index is 13.5. The third-order valence-corrected chi connectivity index (χ3v) is 2.87. The van der Waals surface area contributed by atoms with Gasteiger partial charge in [0.05, 0.1) is 11.3 Å². The van der Waals surface area contributed by atoms with Crippen LogP contribution >= 0.6 is 11.8 Å². The van der Waals surface area contributed by atoms with E-state index in [0.717, 1.165) is 12.1 Å². The molecular weight excluding hydrogens is 273 g/mol. The summed E-state index contributed by atoms with van der Waals surface area (Å²) in [6.45, 7) is 3.41. The summed E-state index contributed by atoms with van der Waals surface area (Å²) >= 11 is 1.17. The lowest BCUT2D eigenvalue weighted by atomic mass is 10.2. The van der Waals surface area contributed by atoms with Gasteiger partial charge in [0.15, 0.2) is 0 Å². The molecule has 1 aromatic rings. The molecule has 0 radical (unpaired) electrons. The summed E-state index contributed by atoms with van der Waals surface area (Å²) in [5.74, 6) is -2.27. The fourth-order valence-electron chi connectivity index (χ4n) is 1.27. The molecular formula is C12H12FNO4S. The molecule has 0 fully saturated rings. The van der Waals surface area contributed by atoms with Crippen LogP contribution in [0.1, 0.15) is 10.4 Å². The van der Waals surface area contributed by atoms with Crippen LogP contribution in [0.2, 0.25) is 0 Å². The molecule has 0 aromatic heterocycles. The Morgan fingerprint density at radius 3 is 2.79 bits per heavy atom. The van der Waals surface area contributed by atoms with Gasteiger partial charge in [-0.1, -0.05) is 12.7 Å². The van der Waals surface area contributed by atoms with Gasteiger partial charge in [-0.2, -0.15) is 0 Å². The number of halogens is 1. The normalized spacial score (nSPS) is 9.79. The van der Waals surface area contributed by atoms with Crippen LogP contribution in [0.15, 0.2) is 29.7 Å². The van der Waals surface area contributed by atoms with Crippen LogP contribution in [-0.4, -0.2) is 30.0 Å². The molecule has 1 amide bonds. The van der Waals surface area contributed by atoms with Crippen LogP contribution in [0.5, 0.6) is 0 Å². The van der Waals surface area contributed by atoms with Gasteiger partial charge in [0, 0.05) is 4.90 Å². The maximum atomic E-state index is 13.5. The lowest BCUT2D eigenvalue weighted by Crippen LogP contribution is -2.15. The van der Waals surface area contributed by atoms with E-state index in [1.807, 2.05) is 0 Å². The number of carbonyl (C=O) groups excluding carboxylic acids is 1. The minimum absolute atomic E-state index is 0.0212. The molecule has 19 heavy (non-hydrogen) atoms. The molecule has 0 unspecified atom stereocenters. The summed E-state index contributed by atoms with van der Waals surface area (Å²) in [4.78, 5) is 22.6. The number of anilines is 1. The Kier molecular flexibility index (Phi) is 5.37. The van der Waals surface area contributed by atoms with Gasteiger partial charge in [-0.3, -0.25) is 5.32 Å². The summed E-state index contributed by atoms with van der Waals surface area (Å²) < 4.78 is 18.2. The molecule has 0 aliphatic heterocycles. The van der Waals surface area contributed by atoms with Crippen molar-refractivity contribution in [1.82, 2.24) is 0 Å². The summed E-state index contributed by atoms with van der Waals surface area (Å²) in [6.07, 6.45) is 2.30. The van der Waals surface area contributed by atoms with E-state index in [4.69, 9.17) is 9.84 Å². The molecule has 0 aliphatic carbocycles. The second-order valence-corrected chi connectivity index (χ2v) is 4.20. The predicted octanol–water partition coefficient (Wildman–Crippen LogP) is 2.98. The Balaban J connectivity index is 3.03. The number of thioether (sulfide) groups is 1. The standard InChI is InChI=1S/C12H12FNO4S/c1-3-4-18-12(17)14-9-5-7(11(15)16)8(13)6-10(9)19-2/h3,5-6H,1,4H2,2H3,(H,14,17)(H,15,16). The molecule has 0 heterocycles. The van der Waals surface area contributed by atoms with Gasteiger partial charge in [0.25, 0.3) is 0 Å². The fourth-order valence-corrected chi connectivity index (χ4v) is 1.82. The van der Waals surface area contributed by atoms with Crippen molar-refractivity contribution in [3.8, 4) is 0 Å². The second kappa shape index (κ2) is 6.79. The number of carbonyl (C=O) groups is 2. The molecule has 7 heteroatoms. The third-order valence-electron chi connectivity index (χ3n) is 2.09. The first-order chi connectivity index (χ1) is 8.99. The molecule has 1 rings (SSSR count). The molecule has 0 aliphatic rings. The number of hydrogen-bond donors (Lipinski definition) is 2. The highest BCUT2D eigenvalue weighted by molar-refractivity contribution is 7.98. The molecule has 2 N–H and O–H groups in total. The number of rotatable bonds is 5. The highest BCUT2D eigenvalue weighted by Gasteiger charge is 2.16. The van der Waals surface area contributed by atoms with E-state index >= 15 is 0 Å². The van der Waals surface area contributed by atoms with E-state index in [1.165, 1.54) is 17.8 Å². The van der Waals surface area contributed by atoms with Crippen LogP contribution < -0.4 is 5.32 Å². The van der Waals surface area contributed by atoms with E-state index < -0.39 is 23.4 Å². The van der Waals surface area contributed by atoms with Gasteiger partial charge in [-0.05, 0) is 18.4 Å². The average Bonchev–Trinajstić information content (AvgIpc) is 2.37. The van der Waals surface area contributed by atoms with Crippen molar-refractivity contribution in [3.05, 3.63) is 36.2 Å². The van der Waals surface area contributed by atoms with Crippen molar-refractivity contribution in [2.24, 2.45) is 0 Å². The third kappa shape index (κ3) is 3.99. The first kappa shape index (κ1) is 15.0. The second-order valence-electron chi connectivity index (χ2n) is 3.35. The van der Waals surface area contributed by atoms with Crippen LogP contribution in [0.3, 0.4) is 0 Å². The number of hydrogen-bond acceptors (Lipinski definition) is 4. The number of aromatic carboxylic acids is 1. The van der Waals surface area contributed by atoms with Crippen LogP contribution in [0.4, 0.5) is 14.9 Å². The maximum Gasteiger partial charge on any atom is 0.411 e. The summed E-state index contributed by atoms with van der Waals surface area (Å²) in [5, 5.41) is 11.2. The average molecular weight is 285 g/mol. The minimum Gasteiger partial charge on any atom is -0.478 e. The number of carboxylic acids is 1. The molecule has 0 saturated heterocycles. The van der Waals surface area contributed by atoms with E-state index in [2.05, 4.69) is 11.9 Å². The fraction of sp³-hybridized carbons (Fsp3) is 0.167. The van der Waals surface area contributed by atoms with Gasteiger partial charge in [-0.25, -0.2) is 14.0 Å². The lowest BCUT2D eigenvalue weighted by molar-refractivity contribution is 0.0691. The summed E-state index contributed by atoms with van der Waals surface area (Å²) in [5.41, 5.74) is -0.336. The van der Waals surface area contributed by atoms with Gasteiger partial charge in [0.1, 0.15) is 12.4 Å². The van der Waals surface area contributed by atoms with E-state index in [1.54, 1.807) is 6.26 Å². The number of ether oxygens (including phenoxy) is 1. The number of nitrogens with one attached hydrogen (secondary N) is 1. The zero-order valence-electron chi connectivity index (χ0n) is 10.1. The Bertz CT molecular complexity index is 519. The zero-order valence-corrected chi connectivity index (χ0v) is 10.9. The Morgan fingerprint density at radius 2 is 2.26 bits per heavy atom. The predicted molar refractivity (Wildman–Crippen MR) is 70.3 cm³/mol. The molecule has 0 bridgehead atoms. The Morgan fingerprint density at radius 1 is 1.58 bits per heavy atom. The summed E-state index contributed by atoms with van der Waals surface area (Å²) in [6, 6.07) is 2.11. The van der Waals surface area contributed by atoms with Crippen LogP contribution in [0, 0.1) is 5.82 Å². The minimum atomic E-state index is -1.41. The van der Waals surface area contributed by atoms with E-state index in [9.17, 15) is 14.0 Å². The largest absolute Gasteiger partial charge is 0.478 e. The van der Waals surface area contributed by atoms with Gasteiger partial charge >= 0.3 is 12.1 Å². The first-order valence-corrected chi connectivity index (χ1v) is 6.37. The van der Waals surface area contributed by atoms with E-state index in [0.29, 0.717) is 4.90 Å². The topological polar surface area (TPSA) is 75.6 Å². The monoisotopic (exact) mass is 285 g/mol. The molecule has 0 spiro atoms. The van der Waals surface area contributed by atoms with Gasteiger partial charge in [0.2, 0.25) is 0 Å². The Labute approximate surface area is 113 Å². The van der Waals surface area contributed by atoms with Crippen molar-refractivity contribution in [3.63, 3.8) is 0 Å². The van der Waals surface area contributed by atoms with Crippen molar-refractivity contribution < 1.29 is 23.8 Å². The SMILES string of the molecule is C=CCOC(=O)Nc1cc(C(=O)O)c(F)cc1SC. The van der Waals surface area contributed by atoms with Gasteiger partial charge < -0.3 is 9.84 Å². The number of carboxylic acid groups (broad SMARTS) is 1. The van der Waals surface area contributed by atoms with Gasteiger partial charge in [-0.15, -0.1) is 11.8 Å². The molecule has 0 atom stereocenters. The number of amides is 1. The Hall–Kier alpha value is -2.02. The van der Waals surface area contributed by atoms with E-state index in [-0.39, 0.29) is 12.3 Å². The summed E-state index contributed by atoms with van der Waals surface area (Å²) in [7, 11) is 0. The lowest BCUT2D eigenvalue weighted by Gasteiger charge is -2.11.